The molecule has 2 heterocycles. The Kier molecular flexibility index (Phi) is 8.83. The lowest BCUT2D eigenvalue weighted by Gasteiger charge is -2.30. The highest BCUT2D eigenvalue weighted by Crippen LogP contribution is 2.57. The van der Waals surface area contributed by atoms with Crippen LogP contribution in [0.3, 0.4) is 0 Å². The van der Waals surface area contributed by atoms with Crippen LogP contribution in [-0.4, -0.2) is 53.7 Å². The number of fused-ring (bicyclic) bond motifs is 3. The highest BCUT2D eigenvalue weighted by molar-refractivity contribution is 7.85. The standard InChI is InChI=1S/C34H37N5O6S/c1-22-7-3-12-31(23(22)2)45-14-6-13-32(40)39-20-25-16-29(25)33-28(10-5-11-30(33)39)26-17-36-38(19-26)18-24-8-4-9-27(15-24)37-34(41)35-21-46(42,43)44/h3-5,7-12,15,17,19,25,29H,6,13-14,16,18,20-21H2,1-2H3,(H2,35,37,41)(H,42,43,44)/t25-,29-/m0/s1. The van der Waals surface area contributed by atoms with Gasteiger partial charge in [-0.3, -0.25) is 14.0 Å². The van der Waals surface area contributed by atoms with Crippen LogP contribution in [0, 0.1) is 19.8 Å². The minimum Gasteiger partial charge on any atom is -0.493 e. The van der Waals surface area contributed by atoms with Crippen molar-refractivity contribution in [1.82, 2.24) is 15.1 Å². The number of ether oxygens (including phenoxy) is 1. The molecule has 0 spiro atoms. The number of aromatic nitrogens is 2. The predicted molar refractivity (Wildman–Crippen MR) is 176 cm³/mol. The Bertz CT molecular complexity index is 1890. The third kappa shape index (κ3) is 7.24. The minimum absolute atomic E-state index is 0.115. The number of carbonyl (C=O) groups excluding carboxylic acids is 2. The smallest absolute Gasteiger partial charge is 0.320 e. The maximum atomic E-state index is 13.5. The summed E-state index contributed by atoms with van der Waals surface area (Å²) in [7, 11) is -4.32. The number of benzene rings is 3. The first-order valence-corrected chi connectivity index (χ1v) is 16.9. The van der Waals surface area contributed by atoms with Crippen molar-refractivity contribution in [1.29, 1.82) is 0 Å². The summed E-state index contributed by atoms with van der Waals surface area (Å²) in [4.78, 5) is 27.4. The molecule has 1 aromatic heterocycles. The molecule has 1 aliphatic heterocycles. The molecule has 240 valence electrons. The van der Waals surface area contributed by atoms with Gasteiger partial charge in [-0.1, -0.05) is 36.4 Å². The summed E-state index contributed by atoms with van der Waals surface area (Å²) in [6.07, 6.45) is 5.94. The first kappa shape index (κ1) is 31.3. The van der Waals surface area contributed by atoms with Crippen LogP contribution in [0.1, 0.15) is 47.4 Å². The predicted octanol–water partition coefficient (Wildman–Crippen LogP) is 5.49. The molecule has 2 atom stereocenters. The SMILES string of the molecule is Cc1cccc(OCCCC(=O)N2C[C@@H]3C[C@@H]3c3c(-c4cnn(Cc5cccc(NC(=O)NCS(=O)(=O)O)c5)c4)cccc32)c1C. The number of hydrogen-bond donors (Lipinski definition) is 3. The van der Waals surface area contributed by atoms with E-state index in [1.165, 1.54) is 11.1 Å². The van der Waals surface area contributed by atoms with E-state index in [2.05, 4.69) is 34.8 Å². The lowest BCUT2D eigenvalue weighted by Crippen LogP contribution is -2.36. The fourth-order valence-electron chi connectivity index (χ4n) is 6.08. The number of rotatable bonds is 11. The highest BCUT2D eigenvalue weighted by atomic mass is 32.2. The molecule has 3 aromatic carbocycles. The quantitative estimate of drug-likeness (QED) is 0.145. The average molecular weight is 644 g/mol. The number of hydrogen-bond acceptors (Lipinski definition) is 6. The first-order valence-electron chi connectivity index (χ1n) is 15.3. The molecule has 3 N–H and O–H groups in total. The zero-order valence-electron chi connectivity index (χ0n) is 25.8. The normalized spacial score (nSPS) is 16.7. The number of amides is 3. The summed E-state index contributed by atoms with van der Waals surface area (Å²) in [5.74, 6) is 0.996. The van der Waals surface area contributed by atoms with E-state index in [-0.39, 0.29) is 5.91 Å². The fourth-order valence-corrected chi connectivity index (χ4v) is 6.39. The molecule has 3 amide bonds. The topological polar surface area (TPSA) is 143 Å². The van der Waals surface area contributed by atoms with Gasteiger partial charge in [-0.05, 0) is 90.6 Å². The molecular formula is C34H37N5O6S. The van der Waals surface area contributed by atoms with Gasteiger partial charge < -0.3 is 20.3 Å². The molecule has 1 fully saturated rings. The van der Waals surface area contributed by atoms with Crippen molar-refractivity contribution in [2.24, 2.45) is 5.92 Å². The van der Waals surface area contributed by atoms with Crippen LogP contribution in [0.15, 0.2) is 73.1 Å². The van der Waals surface area contributed by atoms with Crippen molar-refractivity contribution < 1.29 is 27.3 Å². The summed E-state index contributed by atoms with van der Waals surface area (Å²) in [5.41, 5.74) is 7.89. The lowest BCUT2D eigenvalue weighted by molar-refractivity contribution is -0.119. The molecule has 2 aliphatic rings. The minimum atomic E-state index is -4.32. The molecule has 4 aromatic rings. The van der Waals surface area contributed by atoms with E-state index in [1.54, 1.807) is 18.2 Å². The Labute approximate surface area is 268 Å². The Morgan fingerprint density at radius 3 is 2.72 bits per heavy atom. The molecule has 46 heavy (non-hydrogen) atoms. The van der Waals surface area contributed by atoms with Gasteiger partial charge in [0.2, 0.25) is 5.91 Å². The summed E-state index contributed by atoms with van der Waals surface area (Å²) in [6.45, 7) is 5.79. The molecular weight excluding hydrogens is 606 g/mol. The lowest BCUT2D eigenvalue weighted by atomic mass is 9.92. The summed E-state index contributed by atoms with van der Waals surface area (Å²) >= 11 is 0. The van der Waals surface area contributed by atoms with Gasteiger partial charge >= 0.3 is 6.03 Å². The Balaban J connectivity index is 1.11. The number of urea groups is 1. The van der Waals surface area contributed by atoms with Crippen LogP contribution in [0.5, 0.6) is 5.75 Å². The zero-order chi connectivity index (χ0) is 32.4. The average Bonchev–Trinajstić information content (AvgIpc) is 3.67. The summed E-state index contributed by atoms with van der Waals surface area (Å²) < 4.78 is 38.4. The molecule has 1 aliphatic carbocycles. The van der Waals surface area contributed by atoms with E-state index < -0.39 is 22.0 Å². The van der Waals surface area contributed by atoms with Gasteiger partial charge in [0.25, 0.3) is 10.1 Å². The molecule has 0 saturated heterocycles. The van der Waals surface area contributed by atoms with Crippen molar-refractivity contribution in [2.75, 3.05) is 29.2 Å². The number of nitrogens with zero attached hydrogens (tertiary/aromatic N) is 3. The monoisotopic (exact) mass is 643 g/mol. The van der Waals surface area contributed by atoms with Crippen LogP contribution >= 0.6 is 0 Å². The second kappa shape index (κ2) is 13.0. The van der Waals surface area contributed by atoms with Gasteiger partial charge in [0.1, 0.15) is 11.6 Å². The third-order valence-corrected chi connectivity index (χ3v) is 9.13. The maximum Gasteiger partial charge on any atom is 0.320 e. The van der Waals surface area contributed by atoms with Crippen LogP contribution in [-0.2, 0) is 21.5 Å². The van der Waals surface area contributed by atoms with Crippen molar-refractivity contribution in [3.63, 3.8) is 0 Å². The van der Waals surface area contributed by atoms with E-state index >= 15 is 0 Å². The molecule has 12 heteroatoms. The fraction of sp³-hybridized carbons (Fsp3) is 0.324. The number of aryl methyl sites for hydroxylation is 1. The van der Waals surface area contributed by atoms with Crippen molar-refractivity contribution in [3.8, 4) is 16.9 Å². The van der Waals surface area contributed by atoms with Crippen LogP contribution in [0.25, 0.3) is 11.1 Å². The Hall–Kier alpha value is -4.68. The van der Waals surface area contributed by atoms with Crippen molar-refractivity contribution in [3.05, 3.63) is 95.3 Å². The summed E-state index contributed by atoms with van der Waals surface area (Å²) in [5, 5.41) is 9.24. The van der Waals surface area contributed by atoms with E-state index in [9.17, 15) is 18.0 Å². The molecule has 0 unspecified atom stereocenters. The number of nitrogens with one attached hydrogen (secondary N) is 2. The first-order chi connectivity index (χ1) is 22.1. The molecule has 6 rings (SSSR count). The third-order valence-electron chi connectivity index (χ3n) is 8.62. The van der Waals surface area contributed by atoms with E-state index in [0.29, 0.717) is 43.5 Å². The number of anilines is 2. The second-order valence-electron chi connectivity index (χ2n) is 12.0. The van der Waals surface area contributed by atoms with Gasteiger partial charge in [0, 0.05) is 36.1 Å². The Morgan fingerprint density at radius 1 is 1.09 bits per heavy atom. The van der Waals surface area contributed by atoms with Crippen molar-refractivity contribution in [2.45, 2.75) is 45.6 Å². The van der Waals surface area contributed by atoms with Gasteiger partial charge in [0.15, 0.2) is 0 Å². The molecule has 0 bridgehead atoms. The van der Waals surface area contributed by atoms with Crippen molar-refractivity contribution >= 4 is 33.4 Å². The largest absolute Gasteiger partial charge is 0.493 e. The van der Waals surface area contributed by atoms with Gasteiger partial charge in [-0.2, -0.15) is 13.5 Å². The zero-order valence-corrected chi connectivity index (χ0v) is 26.6. The number of carbonyl (C=O) groups is 2. The molecule has 0 radical (unpaired) electrons. The Morgan fingerprint density at radius 2 is 1.89 bits per heavy atom. The molecule has 11 nitrogen and oxygen atoms in total. The van der Waals surface area contributed by atoms with E-state index in [1.807, 2.05) is 59.2 Å². The highest BCUT2D eigenvalue weighted by Gasteiger charge is 2.47. The van der Waals surface area contributed by atoms with Gasteiger partial charge in [-0.25, -0.2) is 4.79 Å². The van der Waals surface area contributed by atoms with Gasteiger partial charge in [-0.15, -0.1) is 0 Å². The van der Waals surface area contributed by atoms with Crippen LogP contribution in [0.4, 0.5) is 16.2 Å². The molecule has 1 saturated carbocycles. The van der Waals surface area contributed by atoms with E-state index in [0.717, 1.165) is 46.7 Å². The van der Waals surface area contributed by atoms with Crippen LogP contribution < -0.4 is 20.3 Å². The maximum absolute atomic E-state index is 13.5. The van der Waals surface area contributed by atoms with Gasteiger partial charge in [0.05, 0.1) is 19.3 Å². The summed E-state index contributed by atoms with van der Waals surface area (Å²) in [6, 6.07) is 18.5. The second-order valence-corrected chi connectivity index (χ2v) is 13.4. The van der Waals surface area contributed by atoms with Crippen LogP contribution in [0.2, 0.25) is 0 Å². The van der Waals surface area contributed by atoms with E-state index in [4.69, 9.17) is 9.29 Å².